The number of nitrogens with zero attached hydrogens (tertiary/aromatic N) is 15. The molecule has 0 aliphatic carbocycles. The predicted molar refractivity (Wildman–Crippen MR) is 330 cm³/mol. The van der Waals surface area contributed by atoms with Gasteiger partial charge in [0.1, 0.15) is 141 Å². The van der Waals surface area contributed by atoms with Crippen LogP contribution in [0.4, 0.5) is 61.2 Å². The number of anilines is 6. The van der Waals surface area contributed by atoms with Crippen molar-refractivity contribution in [1.29, 1.82) is 15.8 Å². The lowest BCUT2D eigenvalue weighted by atomic mass is 10.0. The lowest BCUT2D eigenvalue weighted by Crippen LogP contribution is -2.23. The van der Waals surface area contributed by atoms with Gasteiger partial charge in [-0.1, -0.05) is 18.2 Å². The summed E-state index contributed by atoms with van der Waals surface area (Å²) in [6.45, 7) is 5.04. The maximum Gasteiger partial charge on any atom is 0.266 e. The normalized spacial score (nSPS) is 11.8. The lowest BCUT2D eigenvalue weighted by Gasteiger charge is -2.19. The van der Waals surface area contributed by atoms with Crippen molar-refractivity contribution in [3.63, 3.8) is 0 Å². The molecule has 0 aliphatic rings. The van der Waals surface area contributed by atoms with Gasteiger partial charge in [0.25, 0.3) is 16.7 Å². The summed E-state index contributed by atoms with van der Waals surface area (Å²) < 4.78 is 87.5. The topological polar surface area (TPSA) is 366 Å². The molecule has 0 radical (unpaired) electrons. The molecule has 3 aromatic carbocycles. The third kappa shape index (κ3) is 13.2. The van der Waals surface area contributed by atoms with Crippen LogP contribution in [0.2, 0.25) is 0 Å². The first-order valence-corrected chi connectivity index (χ1v) is 27.4. The van der Waals surface area contributed by atoms with Gasteiger partial charge in [0.15, 0.2) is 0 Å². The molecular formula is C63H45F6N21O3. The first-order valence-electron chi connectivity index (χ1n) is 27.4. The molecule has 9 N–H and O–H groups in total. The molecule has 0 saturated heterocycles. The third-order valence-corrected chi connectivity index (χ3v) is 14.0. The van der Waals surface area contributed by atoms with Crippen LogP contribution in [-0.4, -0.2) is 58.1 Å². The van der Waals surface area contributed by atoms with Crippen molar-refractivity contribution < 1.29 is 26.3 Å². The number of aromatic nitrogens is 12. The fourth-order valence-electron chi connectivity index (χ4n) is 9.84. The smallest absolute Gasteiger partial charge is 0.266 e. The van der Waals surface area contributed by atoms with E-state index in [-0.39, 0.29) is 102 Å². The van der Waals surface area contributed by atoms with Gasteiger partial charge in [-0.2, -0.15) is 15.8 Å². The molecule has 0 saturated carbocycles. The van der Waals surface area contributed by atoms with E-state index in [9.17, 15) is 56.5 Å². The zero-order valence-corrected chi connectivity index (χ0v) is 48.5. The van der Waals surface area contributed by atoms with Crippen LogP contribution < -0.4 is 49.8 Å². The Morgan fingerprint density at radius 3 is 0.882 bits per heavy atom. The Labute approximate surface area is 520 Å². The predicted octanol–water partition coefficient (Wildman–Crippen LogP) is 9.17. The summed E-state index contributed by atoms with van der Waals surface area (Å²) in [5, 5.41) is 37.1. The lowest BCUT2D eigenvalue weighted by molar-refractivity contribution is 0.583. The molecule has 9 aromatic heterocycles. The Morgan fingerprint density at radius 2 is 0.645 bits per heavy atom. The molecule has 9 heterocycles. The van der Waals surface area contributed by atoms with E-state index >= 15 is 0 Å². The van der Waals surface area contributed by atoms with Gasteiger partial charge in [-0.15, -0.1) is 0 Å². The van der Waals surface area contributed by atoms with Crippen molar-refractivity contribution >= 4 is 51.8 Å². The fraction of sp³-hybridized carbons (Fsp3) is 0.0952. The molecule has 0 bridgehead atoms. The number of nitrogen functional groups attached to an aromatic ring is 3. The average molecular weight is 1260 g/mol. The average Bonchev–Trinajstić information content (AvgIpc) is 0.792. The standard InChI is InChI=1S/3C21H15F2N7O/c3*1-11(28-20-15(9-24)19(25)26-10-27-20)18-17(12-6-13(22)8-14(23)7-12)21(31)30-5-3-2-4-16(30)29-18/h3*2-8,10-11H,1H3,(H3,25,26,27,28)/t2*11-;/m10./s1. The second-order valence-electron chi connectivity index (χ2n) is 20.2. The number of hydrogen-bond acceptors (Lipinski definition) is 21. The van der Waals surface area contributed by atoms with Crippen molar-refractivity contribution in [2.75, 3.05) is 33.2 Å². The summed E-state index contributed by atoms with van der Waals surface area (Å²) in [6, 6.07) is 27.3. The SMILES string of the molecule is CC(Nc1ncnc(N)c1C#N)c1nc2ccccn2c(=O)c1-c1cc(F)cc(F)c1.C[C@@H](Nc1ncnc(N)c1C#N)c1nc2ccccn2c(=O)c1-c1cc(F)cc(F)c1.C[C@H](Nc1ncnc(N)c1C#N)c1nc2ccccn2c(=O)c1-c1cc(F)cc(F)c1. The minimum atomic E-state index is -0.825. The van der Waals surface area contributed by atoms with E-state index in [0.29, 0.717) is 16.9 Å². The maximum absolute atomic E-state index is 13.9. The van der Waals surface area contributed by atoms with Gasteiger partial charge in [0.05, 0.1) is 51.9 Å². The quantitative estimate of drug-likeness (QED) is 0.0620. The van der Waals surface area contributed by atoms with E-state index in [1.807, 2.05) is 18.2 Å². The van der Waals surface area contributed by atoms with Gasteiger partial charge in [0.2, 0.25) is 0 Å². The second-order valence-corrected chi connectivity index (χ2v) is 20.2. The molecule has 24 nitrogen and oxygen atoms in total. The summed E-state index contributed by atoms with van der Waals surface area (Å²) in [5.74, 6) is -4.53. The number of hydrogen-bond donors (Lipinski definition) is 6. The largest absolute Gasteiger partial charge is 0.382 e. The minimum Gasteiger partial charge on any atom is -0.382 e. The Morgan fingerprint density at radius 1 is 0.398 bits per heavy atom. The number of halogens is 6. The van der Waals surface area contributed by atoms with E-state index in [1.54, 1.807) is 75.4 Å². The Kier molecular flexibility index (Phi) is 18.0. The van der Waals surface area contributed by atoms with Crippen LogP contribution in [0.5, 0.6) is 0 Å². The third-order valence-electron chi connectivity index (χ3n) is 14.0. The number of pyridine rings is 3. The van der Waals surface area contributed by atoms with Crippen molar-refractivity contribution in [2.24, 2.45) is 0 Å². The highest BCUT2D eigenvalue weighted by Gasteiger charge is 2.26. The zero-order valence-electron chi connectivity index (χ0n) is 48.5. The van der Waals surface area contributed by atoms with Crippen LogP contribution in [-0.2, 0) is 0 Å². The van der Waals surface area contributed by atoms with E-state index in [0.717, 1.165) is 54.6 Å². The van der Waals surface area contributed by atoms with Gasteiger partial charge >= 0.3 is 0 Å². The van der Waals surface area contributed by atoms with Gasteiger partial charge in [-0.05, 0) is 110 Å². The highest BCUT2D eigenvalue weighted by atomic mass is 19.2. The summed E-state index contributed by atoms with van der Waals surface area (Å²) in [6.07, 6.45) is 8.13. The number of benzene rings is 3. The minimum absolute atomic E-state index is 0.00818. The molecule has 93 heavy (non-hydrogen) atoms. The number of fused-ring (bicyclic) bond motifs is 3. The zero-order chi connectivity index (χ0) is 66.4. The first-order chi connectivity index (χ1) is 44.7. The molecule has 0 amide bonds. The summed E-state index contributed by atoms with van der Waals surface area (Å²) in [4.78, 5) is 76.9. The van der Waals surface area contributed by atoms with Crippen molar-refractivity contribution in [1.82, 2.24) is 58.1 Å². The number of nitriles is 3. The van der Waals surface area contributed by atoms with Gasteiger partial charge in [-0.25, -0.2) is 71.2 Å². The fourth-order valence-corrected chi connectivity index (χ4v) is 9.84. The van der Waals surface area contributed by atoms with Crippen molar-refractivity contribution in [3.8, 4) is 51.6 Å². The molecular weight excluding hydrogens is 1210 g/mol. The van der Waals surface area contributed by atoms with Crippen LogP contribution in [0.25, 0.3) is 50.3 Å². The number of nitrogens with two attached hydrogens (primary N) is 3. The van der Waals surface area contributed by atoms with Gasteiger partial charge in [0, 0.05) is 36.8 Å². The van der Waals surface area contributed by atoms with E-state index in [2.05, 4.69) is 60.8 Å². The molecule has 30 heteroatoms. The maximum atomic E-state index is 13.9. The highest BCUT2D eigenvalue weighted by Crippen LogP contribution is 2.33. The van der Waals surface area contributed by atoms with Crippen LogP contribution in [0.3, 0.4) is 0 Å². The van der Waals surface area contributed by atoms with Crippen molar-refractivity contribution in [2.45, 2.75) is 38.9 Å². The molecule has 3 atom stereocenters. The van der Waals surface area contributed by atoms with E-state index < -0.39 is 69.7 Å². The molecule has 0 aliphatic heterocycles. The first kappa shape index (κ1) is 62.9. The number of nitrogens with one attached hydrogen (secondary N) is 3. The monoisotopic (exact) mass is 1260 g/mol. The molecule has 0 fully saturated rings. The van der Waals surface area contributed by atoms with E-state index in [1.165, 1.54) is 50.8 Å². The van der Waals surface area contributed by atoms with Crippen LogP contribution in [0, 0.1) is 68.9 Å². The molecule has 1 unspecified atom stereocenters. The summed E-state index contributed by atoms with van der Waals surface area (Å²) in [5.41, 5.74) is 17.7. The van der Waals surface area contributed by atoms with Crippen LogP contribution in [0.1, 0.15) is 72.7 Å². The Bertz CT molecular complexity index is 4690. The summed E-state index contributed by atoms with van der Waals surface area (Å²) >= 11 is 0. The van der Waals surface area contributed by atoms with Crippen LogP contribution in [0.15, 0.2) is 161 Å². The highest BCUT2D eigenvalue weighted by molar-refractivity contribution is 5.73. The van der Waals surface area contributed by atoms with Gasteiger partial charge in [-0.3, -0.25) is 27.6 Å². The Balaban J connectivity index is 0.000000153. The van der Waals surface area contributed by atoms with Crippen molar-refractivity contribution in [3.05, 3.63) is 247 Å². The van der Waals surface area contributed by atoms with Gasteiger partial charge < -0.3 is 33.2 Å². The molecule has 12 aromatic rings. The second kappa shape index (κ2) is 26.7. The number of rotatable bonds is 12. The Hall–Kier alpha value is -13.2. The van der Waals surface area contributed by atoms with E-state index in [4.69, 9.17) is 17.2 Å². The summed E-state index contributed by atoms with van der Waals surface area (Å²) in [7, 11) is 0. The molecule has 462 valence electrons. The molecule has 12 rings (SSSR count). The molecule has 0 spiro atoms. The van der Waals surface area contributed by atoms with Crippen LogP contribution >= 0.6 is 0 Å².